The number of thioether (sulfide) groups is 1. The fourth-order valence-corrected chi connectivity index (χ4v) is 3.56. The normalized spacial score (nSPS) is 13.7. The molecule has 0 radical (unpaired) electrons. The third-order valence-corrected chi connectivity index (χ3v) is 4.78. The van der Waals surface area contributed by atoms with Crippen LogP contribution in [0.4, 0.5) is 5.69 Å². The maximum atomic E-state index is 6.18. The minimum Gasteiger partial charge on any atom is -0.385 e. The summed E-state index contributed by atoms with van der Waals surface area (Å²) in [5.74, 6) is 0.923. The van der Waals surface area contributed by atoms with Crippen LogP contribution in [-0.4, -0.2) is 6.54 Å². The molecule has 3 rings (SSSR count). The fraction of sp³-hybridized carbons (Fsp3) is 0.250. The number of benzene rings is 2. The highest BCUT2D eigenvalue weighted by Gasteiger charge is 2.09. The molecule has 0 aromatic heterocycles. The summed E-state index contributed by atoms with van der Waals surface area (Å²) < 4.78 is 0. The van der Waals surface area contributed by atoms with Crippen LogP contribution >= 0.6 is 23.4 Å². The number of aryl methyl sites for hydroxylation is 1. The van der Waals surface area contributed by atoms with Crippen molar-refractivity contribution in [1.29, 1.82) is 0 Å². The second kappa shape index (κ2) is 5.89. The second-order valence-electron chi connectivity index (χ2n) is 4.73. The summed E-state index contributed by atoms with van der Waals surface area (Å²) >= 11 is 8.03. The van der Waals surface area contributed by atoms with Crippen molar-refractivity contribution < 1.29 is 0 Å². The Morgan fingerprint density at radius 3 is 2.95 bits per heavy atom. The van der Waals surface area contributed by atoms with Crippen LogP contribution in [0.5, 0.6) is 0 Å². The fourth-order valence-electron chi connectivity index (χ4n) is 2.32. The molecule has 0 fully saturated rings. The maximum Gasteiger partial charge on any atom is 0.0446 e. The van der Waals surface area contributed by atoms with Gasteiger partial charge in [0, 0.05) is 27.9 Å². The van der Waals surface area contributed by atoms with Crippen molar-refractivity contribution in [3.05, 3.63) is 58.6 Å². The standard InChI is InChI=1S/C16H16ClNS/c17-15-6-2-1-4-13(15)11-19-14-7-8-16-12(10-14)5-3-9-18-16/h1-2,4,6-8,10,18H,3,5,9,11H2. The summed E-state index contributed by atoms with van der Waals surface area (Å²) in [6.45, 7) is 1.10. The van der Waals surface area contributed by atoms with E-state index in [0.29, 0.717) is 0 Å². The van der Waals surface area contributed by atoms with E-state index < -0.39 is 0 Å². The smallest absolute Gasteiger partial charge is 0.0446 e. The molecule has 0 aliphatic carbocycles. The second-order valence-corrected chi connectivity index (χ2v) is 6.19. The number of hydrogen-bond donors (Lipinski definition) is 1. The van der Waals surface area contributed by atoms with Gasteiger partial charge in [-0.05, 0) is 48.2 Å². The molecule has 0 amide bonds. The van der Waals surface area contributed by atoms with Crippen LogP contribution in [0, 0.1) is 0 Å². The van der Waals surface area contributed by atoms with Crippen molar-refractivity contribution in [2.75, 3.05) is 11.9 Å². The Kier molecular flexibility index (Phi) is 4.00. The first-order chi connectivity index (χ1) is 9.33. The van der Waals surface area contributed by atoms with Gasteiger partial charge >= 0.3 is 0 Å². The predicted molar refractivity (Wildman–Crippen MR) is 84.3 cm³/mol. The third-order valence-electron chi connectivity index (χ3n) is 3.37. The first-order valence-electron chi connectivity index (χ1n) is 6.56. The van der Waals surface area contributed by atoms with Crippen LogP contribution in [0.2, 0.25) is 5.02 Å². The Balaban J connectivity index is 1.72. The number of fused-ring (bicyclic) bond motifs is 1. The molecule has 1 N–H and O–H groups in total. The van der Waals surface area contributed by atoms with E-state index in [9.17, 15) is 0 Å². The summed E-state index contributed by atoms with van der Waals surface area (Å²) in [6.07, 6.45) is 2.41. The average molecular weight is 290 g/mol. The first-order valence-corrected chi connectivity index (χ1v) is 7.92. The largest absolute Gasteiger partial charge is 0.385 e. The molecular weight excluding hydrogens is 274 g/mol. The molecule has 19 heavy (non-hydrogen) atoms. The SMILES string of the molecule is Clc1ccccc1CSc1ccc2c(c1)CCCN2. The monoisotopic (exact) mass is 289 g/mol. The van der Waals surface area contributed by atoms with Crippen LogP contribution in [0.1, 0.15) is 17.5 Å². The van der Waals surface area contributed by atoms with Gasteiger partial charge in [0.25, 0.3) is 0 Å². The number of rotatable bonds is 3. The summed E-state index contributed by atoms with van der Waals surface area (Å²) in [7, 11) is 0. The van der Waals surface area contributed by atoms with E-state index in [4.69, 9.17) is 11.6 Å². The molecule has 1 aliphatic heterocycles. The highest BCUT2D eigenvalue weighted by atomic mass is 35.5. The lowest BCUT2D eigenvalue weighted by atomic mass is 10.0. The van der Waals surface area contributed by atoms with Crippen molar-refractivity contribution in [1.82, 2.24) is 0 Å². The topological polar surface area (TPSA) is 12.0 Å². The molecule has 98 valence electrons. The molecule has 0 atom stereocenters. The molecule has 0 saturated heterocycles. The van der Waals surface area contributed by atoms with Crippen molar-refractivity contribution in [3.8, 4) is 0 Å². The molecule has 0 saturated carbocycles. The van der Waals surface area contributed by atoms with E-state index in [-0.39, 0.29) is 0 Å². The van der Waals surface area contributed by atoms with Gasteiger partial charge in [-0.25, -0.2) is 0 Å². The minimum atomic E-state index is 0.856. The number of nitrogens with one attached hydrogen (secondary N) is 1. The van der Waals surface area contributed by atoms with Crippen molar-refractivity contribution >= 4 is 29.1 Å². The van der Waals surface area contributed by atoms with Gasteiger partial charge in [-0.3, -0.25) is 0 Å². The van der Waals surface area contributed by atoms with Gasteiger partial charge < -0.3 is 5.32 Å². The molecule has 0 spiro atoms. The van der Waals surface area contributed by atoms with E-state index in [2.05, 4.69) is 29.6 Å². The number of hydrogen-bond acceptors (Lipinski definition) is 2. The quantitative estimate of drug-likeness (QED) is 0.799. The number of anilines is 1. The molecule has 3 heteroatoms. The van der Waals surface area contributed by atoms with E-state index in [1.165, 1.54) is 34.6 Å². The lowest BCUT2D eigenvalue weighted by Gasteiger charge is -2.18. The predicted octanol–water partition coefficient (Wildman–Crippen LogP) is 4.99. The highest BCUT2D eigenvalue weighted by molar-refractivity contribution is 7.98. The third kappa shape index (κ3) is 3.07. The molecule has 1 aliphatic rings. The molecule has 1 heterocycles. The van der Waals surface area contributed by atoms with Crippen LogP contribution in [0.25, 0.3) is 0 Å². The maximum absolute atomic E-state index is 6.18. The average Bonchev–Trinajstić information content (AvgIpc) is 2.46. The van der Waals surface area contributed by atoms with Crippen LogP contribution in [-0.2, 0) is 12.2 Å². The van der Waals surface area contributed by atoms with Gasteiger partial charge in [0.1, 0.15) is 0 Å². The van der Waals surface area contributed by atoms with E-state index in [1.807, 2.05) is 30.0 Å². The summed E-state index contributed by atoms with van der Waals surface area (Å²) in [5, 5.41) is 4.30. The van der Waals surface area contributed by atoms with Gasteiger partial charge in [0.15, 0.2) is 0 Å². The Bertz CT molecular complexity index is 583. The van der Waals surface area contributed by atoms with Gasteiger partial charge in [0.05, 0.1) is 0 Å². The van der Waals surface area contributed by atoms with E-state index in [1.54, 1.807) is 0 Å². The molecular formula is C16H16ClNS. The first kappa shape index (κ1) is 12.9. The summed E-state index contributed by atoms with van der Waals surface area (Å²) in [4.78, 5) is 1.32. The Hall–Kier alpha value is -1.12. The Morgan fingerprint density at radius 2 is 2.05 bits per heavy atom. The Morgan fingerprint density at radius 1 is 1.16 bits per heavy atom. The van der Waals surface area contributed by atoms with E-state index >= 15 is 0 Å². The van der Waals surface area contributed by atoms with E-state index in [0.717, 1.165) is 17.3 Å². The van der Waals surface area contributed by atoms with Gasteiger partial charge in [-0.2, -0.15) is 0 Å². The van der Waals surface area contributed by atoms with Crippen LogP contribution in [0.15, 0.2) is 47.4 Å². The summed E-state index contributed by atoms with van der Waals surface area (Å²) in [5.41, 5.74) is 3.94. The van der Waals surface area contributed by atoms with Crippen molar-refractivity contribution in [2.45, 2.75) is 23.5 Å². The number of halogens is 1. The van der Waals surface area contributed by atoms with Gasteiger partial charge in [-0.15, -0.1) is 11.8 Å². The zero-order chi connectivity index (χ0) is 13.1. The molecule has 2 aromatic rings. The molecule has 0 unspecified atom stereocenters. The highest BCUT2D eigenvalue weighted by Crippen LogP contribution is 2.31. The summed E-state index contributed by atoms with van der Waals surface area (Å²) in [6, 6.07) is 14.8. The van der Waals surface area contributed by atoms with Crippen LogP contribution in [0.3, 0.4) is 0 Å². The van der Waals surface area contributed by atoms with Gasteiger partial charge in [0.2, 0.25) is 0 Å². The zero-order valence-corrected chi connectivity index (χ0v) is 12.2. The molecule has 1 nitrogen and oxygen atoms in total. The van der Waals surface area contributed by atoms with Crippen LogP contribution < -0.4 is 5.32 Å². The molecule has 0 bridgehead atoms. The Labute approximate surface area is 123 Å². The zero-order valence-electron chi connectivity index (χ0n) is 10.7. The van der Waals surface area contributed by atoms with Gasteiger partial charge in [-0.1, -0.05) is 29.8 Å². The van der Waals surface area contributed by atoms with Crippen molar-refractivity contribution in [3.63, 3.8) is 0 Å². The minimum absolute atomic E-state index is 0.856. The van der Waals surface area contributed by atoms with Crippen molar-refractivity contribution in [2.24, 2.45) is 0 Å². The lowest BCUT2D eigenvalue weighted by Crippen LogP contribution is -2.11. The molecule has 2 aromatic carbocycles. The lowest BCUT2D eigenvalue weighted by molar-refractivity contribution is 0.827.